The molecule has 0 aliphatic rings. The van der Waals surface area contributed by atoms with Gasteiger partial charge in [0, 0.05) is 18.0 Å². The van der Waals surface area contributed by atoms with Crippen molar-refractivity contribution in [3.63, 3.8) is 0 Å². The fourth-order valence-corrected chi connectivity index (χ4v) is 2.51. The number of carbonyl (C=O) groups is 1. The summed E-state index contributed by atoms with van der Waals surface area (Å²) < 4.78 is 0. The Morgan fingerprint density at radius 1 is 1.26 bits per heavy atom. The fraction of sp³-hybridized carbons (Fsp3) is 0.562. The molecule has 1 atom stereocenters. The van der Waals surface area contributed by atoms with Gasteiger partial charge in [-0.3, -0.25) is 4.79 Å². The van der Waals surface area contributed by atoms with E-state index >= 15 is 0 Å². The van der Waals surface area contributed by atoms with Crippen LogP contribution in [0.1, 0.15) is 46.8 Å². The van der Waals surface area contributed by atoms with Gasteiger partial charge in [-0.15, -0.1) is 11.6 Å². The molecule has 19 heavy (non-hydrogen) atoms. The van der Waals surface area contributed by atoms with Gasteiger partial charge in [-0.05, 0) is 50.7 Å². The zero-order valence-electron chi connectivity index (χ0n) is 12.3. The highest BCUT2D eigenvalue weighted by molar-refractivity contribution is 6.18. The van der Waals surface area contributed by atoms with Crippen LogP contribution in [-0.2, 0) is 0 Å². The highest BCUT2D eigenvalue weighted by Gasteiger charge is 2.12. The Kier molecular flexibility index (Phi) is 6.36. The normalized spacial score (nSPS) is 12.3. The second-order valence-corrected chi connectivity index (χ2v) is 5.74. The van der Waals surface area contributed by atoms with Crippen LogP contribution in [0.25, 0.3) is 0 Å². The van der Waals surface area contributed by atoms with Crippen LogP contribution in [0.3, 0.4) is 0 Å². The van der Waals surface area contributed by atoms with Crippen LogP contribution in [0, 0.1) is 26.7 Å². The summed E-state index contributed by atoms with van der Waals surface area (Å²) in [5.41, 5.74) is 4.10. The fourth-order valence-electron chi connectivity index (χ4n) is 2.36. The average molecular weight is 282 g/mol. The number of alkyl halides is 1. The smallest absolute Gasteiger partial charge is 0.251 e. The molecule has 1 N–H and O–H groups in total. The molecule has 0 aromatic heterocycles. The molecule has 0 heterocycles. The predicted molar refractivity (Wildman–Crippen MR) is 82.1 cm³/mol. The molecule has 1 rings (SSSR count). The van der Waals surface area contributed by atoms with Gasteiger partial charge in [-0.25, -0.2) is 0 Å². The minimum absolute atomic E-state index is 0.0357. The van der Waals surface area contributed by atoms with Crippen LogP contribution in [0.2, 0.25) is 0 Å². The van der Waals surface area contributed by atoms with Gasteiger partial charge in [0.2, 0.25) is 0 Å². The van der Waals surface area contributed by atoms with Gasteiger partial charge in [0.05, 0.1) is 0 Å². The van der Waals surface area contributed by atoms with Gasteiger partial charge in [0.15, 0.2) is 0 Å². The molecule has 1 aromatic carbocycles. The van der Waals surface area contributed by atoms with Crippen molar-refractivity contribution in [3.05, 3.63) is 34.4 Å². The van der Waals surface area contributed by atoms with Crippen molar-refractivity contribution in [1.82, 2.24) is 5.32 Å². The number of hydrogen-bond donors (Lipinski definition) is 1. The summed E-state index contributed by atoms with van der Waals surface area (Å²) in [4.78, 5) is 12.2. The second-order valence-electron chi connectivity index (χ2n) is 5.43. The minimum Gasteiger partial charge on any atom is -0.352 e. The van der Waals surface area contributed by atoms with E-state index in [0.29, 0.717) is 18.3 Å². The maximum absolute atomic E-state index is 12.2. The van der Waals surface area contributed by atoms with Crippen LogP contribution >= 0.6 is 11.6 Å². The number of rotatable bonds is 6. The van der Waals surface area contributed by atoms with Crippen LogP contribution in [0.4, 0.5) is 0 Å². The highest BCUT2D eigenvalue weighted by atomic mass is 35.5. The molecule has 0 aliphatic heterocycles. The molecule has 0 radical (unpaired) electrons. The van der Waals surface area contributed by atoms with Crippen LogP contribution in [0.5, 0.6) is 0 Å². The van der Waals surface area contributed by atoms with Crippen molar-refractivity contribution in [1.29, 1.82) is 0 Å². The van der Waals surface area contributed by atoms with Crippen LogP contribution in [-0.4, -0.2) is 18.3 Å². The molecular formula is C16H24ClNO. The molecule has 1 aromatic rings. The Morgan fingerprint density at radius 2 is 1.84 bits per heavy atom. The molecule has 3 heteroatoms. The lowest BCUT2D eigenvalue weighted by molar-refractivity contribution is 0.0951. The van der Waals surface area contributed by atoms with Gasteiger partial charge in [0.25, 0.3) is 5.91 Å². The Labute approximate surface area is 121 Å². The van der Waals surface area contributed by atoms with Gasteiger partial charge in [-0.1, -0.05) is 24.6 Å². The molecule has 0 aliphatic carbocycles. The van der Waals surface area contributed by atoms with E-state index < -0.39 is 0 Å². The molecular weight excluding hydrogens is 258 g/mol. The summed E-state index contributed by atoms with van der Waals surface area (Å²) in [7, 11) is 0. The SMILES string of the molecule is Cc1cc(C)c(C(=O)NCCCC(C)CCl)c(C)c1. The van der Waals surface area contributed by atoms with Gasteiger partial charge in [-0.2, -0.15) is 0 Å². The van der Waals surface area contributed by atoms with Crippen molar-refractivity contribution in [3.8, 4) is 0 Å². The Hall–Kier alpha value is -1.02. The first-order chi connectivity index (χ1) is 8.95. The quantitative estimate of drug-likeness (QED) is 0.620. The molecule has 0 fully saturated rings. The number of amides is 1. The molecule has 0 saturated carbocycles. The number of hydrogen-bond acceptors (Lipinski definition) is 1. The van der Waals surface area contributed by atoms with Crippen molar-refractivity contribution >= 4 is 17.5 Å². The lowest BCUT2D eigenvalue weighted by Crippen LogP contribution is -2.26. The van der Waals surface area contributed by atoms with Crippen molar-refractivity contribution < 1.29 is 4.79 Å². The Bertz CT molecular complexity index is 419. The van der Waals surface area contributed by atoms with Gasteiger partial charge in [0.1, 0.15) is 0 Å². The zero-order valence-corrected chi connectivity index (χ0v) is 13.1. The van der Waals surface area contributed by atoms with Gasteiger partial charge < -0.3 is 5.32 Å². The van der Waals surface area contributed by atoms with E-state index in [0.717, 1.165) is 29.5 Å². The predicted octanol–water partition coefficient (Wildman–Crippen LogP) is 4.00. The van der Waals surface area contributed by atoms with E-state index in [-0.39, 0.29) is 5.91 Å². The largest absolute Gasteiger partial charge is 0.352 e. The molecule has 0 spiro atoms. The summed E-state index contributed by atoms with van der Waals surface area (Å²) in [5.74, 6) is 1.24. The second kappa shape index (κ2) is 7.54. The first kappa shape index (κ1) is 16.0. The third kappa shape index (κ3) is 4.87. The Balaban J connectivity index is 2.55. The van der Waals surface area contributed by atoms with Crippen LogP contribution in [0.15, 0.2) is 12.1 Å². The van der Waals surface area contributed by atoms with Gasteiger partial charge >= 0.3 is 0 Å². The number of benzene rings is 1. The van der Waals surface area contributed by atoms with E-state index in [1.54, 1.807) is 0 Å². The number of halogens is 1. The van der Waals surface area contributed by atoms with Crippen molar-refractivity contribution in [2.45, 2.75) is 40.5 Å². The first-order valence-electron chi connectivity index (χ1n) is 6.87. The van der Waals surface area contributed by atoms with E-state index in [4.69, 9.17) is 11.6 Å². The minimum atomic E-state index is 0.0357. The lowest BCUT2D eigenvalue weighted by Gasteiger charge is -2.12. The van der Waals surface area contributed by atoms with E-state index in [2.05, 4.69) is 31.3 Å². The monoisotopic (exact) mass is 281 g/mol. The van der Waals surface area contributed by atoms with Crippen molar-refractivity contribution in [2.24, 2.45) is 5.92 Å². The summed E-state index contributed by atoms with van der Waals surface area (Å²) >= 11 is 5.76. The topological polar surface area (TPSA) is 29.1 Å². The van der Waals surface area contributed by atoms with Crippen molar-refractivity contribution in [2.75, 3.05) is 12.4 Å². The van der Waals surface area contributed by atoms with Crippen LogP contribution < -0.4 is 5.32 Å². The molecule has 2 nitrogen and oxygen atoms in total. The van der Waals surface area contributed by atoms with E-state index in [9.17, 15) is 4.79 Å². The number of carbonyl (C=O) groups excluding carboxylic acids is 1. The third-order valence-electron chi connectivity index (χ3n) is 3.33. The highest BCUT2D eigenvalue weighted by Crippen LogP contribution is 2.16. The standard InChI is InChI=1S/C16H24ClNO/c1-11(10-17)6-5-7-18-16(19)15-13(3)8-12(2)9-14(15)4/h8-9,11H,5-7,10H2,1-4H3,(H,18,19). The summed E-state index contributed by atoms with van der Waals surface area (Å²) in [5, 5.41) is 3.00. The van der Waals surface area contributed by atoms with E-state index in [1.165, 1.54) is 5.56 Å². The third-order valence-corrected chi connectivity index (χ3v) is 3.85. The van der Waals surface area contributed by atoms with E-state index in [1.807, 2.05) is 13.8 Å². The molecule has 106 valence electrons. The maximum Gasteiger partial charge on any atom is 0.251 e. The average Bonchev–Trinajstić information content (AvgIpc) is 2.33. The molecule has 0 bridgehead atoms. The summed E-state index contributed by atoms with van der Waals surface area (Å²) in [6, 6.07) is 4.11. The summed E-state index contributed by atoms with van der Waals surface area (Å²) in [6.45, 7) is 8.88. The zero-order chi connectivity index (χ0) is 14.4. The number of nitrogens with one attached hydrogen (secondary N) is 1. The molecule has 1 amide bonds. The first-order valence-corrected chi connectivity index (χ1v) is 7.41. The molecule has 0 saturated heterocycles. The maximum atomic E-state index is 12.2. The molecule has 1 unspecified atom stereocenters. The summed E-state index contributed by atoms with van der Waals surface area (Å²) in [6.07, 6.45) is 2.03. The Morgan fingerprint density at radius 3 is 2.37 bits per heavy atom. The number of aryl methyl sites for hydroxylation is 3. The lowest BCUT2D eigenvalue weighted by atomic mass is 9.99.